The van der Waals surface area contributed by atoms with Crippen molar-refractivity contribution in [3.05, 3.63) is 0 Å². The van der Waals surface area contributed by atoms with Gasteiger partial charge in [0, 0.05) is 38.0 Å². The molecule has 0 radical (unpaired) electrons. The maximum absolute atomic E-state index is 13.0. The molecular weight excluding hydrogens is 312 g/mol. The van der Waals surface area contributed by atoms with Crippen molar-refractivity contribution in [2.75, 3.05) is 26.2 Å². The Kier molecular flexibility index (Phi) is 4.05. The Morgan fingerprint density at radius 3 is 1.44 bits per heavy atom. The average molecular weight is 344 g/mol. The highest BCUT2D eigenvalue weighted by Crippen LogP contribution is 2.50. The average Bonchev–Trinajstić information content (AvgIpc) is 3.39. The molecule has 0 spiro atoms. The third-order valence-corrected chi connectivity index (χ3v) is 8.23. The molecule has 4 heteroatoms. The van der Waals surface area contributed by atoms with Crippen LogP contribution in [-0.2, 0) is 9.59 Å². The van der Waals surface area contributed by atoms with Gasteiger partial charge in [0.1, 0.15) is 0 Å². The van der Waals surface area contributed by atoms with Crippen molar-refractivity contribution in [1.29, 1.82) is 0 Å². The molecule has 4 saturated carbocycles. The van der Waals surface area contributed by atoms with Gasteiger partial charge in [-0.05, 0) is 68.6 Å². The van der Waals surface area contributed by atoms with Crippen molar-refractivity contribution < 1.29 is 9.59 Å². The number of carbonyl (C=O) groups excluding carboxylic acids is 2. The van der Waals surface area contributed by atoms with Crippen molar-refractivity contribution >= 4 is 11.8 Å². The molecule has 1 heterocycles. The number of carbonyl (C=O) groups is 2. The van der Waals surface area contributed by atoms with E-state index in [1.54, 1.807) is 0 Å². The summed E-state index contributed by atoms with van der Waals surface area (Å²) in [5.41, 5.74) is 0. The van der Waals surface area contributed by atoms with E-state index >= 15 is 0 Å². The lowest BCUT2D eigenvalue weighted by atomic mass is 9.87. The first-order valence-electron chi connectivity index (χ1n) is 10.8. The van der Waals surface area contributed by atoms with Gasteiger partial charge >= 0.3 is 0 Å². The Morgan fingerprint density at radius 1 is 0.600 bits per heavy atom. The van der Waals surface area contributed by atoms with Crippen LogP contribution in [0, 0.1) is 35.5 Å². The van der Waals surface area contributed by atoms with Crippen molar-refractivity contribution in [1.82, 2.24) is 9.80 Å². The Morgan fingerprint density at radius 2 is 1.08 bits per heavy atom. The normalized spacial score (nSPS) is 42.9. The summed E-state index contributed by atoms with van der Waals surface area (Å²) >= 11 is 0. The predicted molar refractivity (Wildman–Crippen MR) is 95.7 cm³/mol. The van der Waals surface area contributed by atoms with E-state index in [1.807, 2.05) is 0 Å². The Labute approximate surface area is 151 Å². The minimum atomic E-state index is 0.298. The number of nitrogens with zero attached hydrogens (tertiary/aromatic N) is 2. The van der Waals surface area contributed by atoms with Crippen LogP contribution >= 0.6 is 0 Å². The topological polar surface area (TPSA) is 40.6 Å². The molecule has 1 saturated heterocycles. The van der Waals surface area contributed by atoms with Gasteiger partial charge in [0.25, 0.3) is 0 Å². The van der Waals surface area contributed by atoms with Crippen LogP contribution in [0.25, 0.3) is 0 Å². The third-order valence-electron chi connectivity index (χ3n) is 8.23. The predicted octanol–water partition coefficient (Wildman–Crippen LogP) is 2.92. The molecule has 4 aliphatic carbocycles. The van der Waals surface area contributed by atoms with Crippen LogP contribution in [-0.4, -0.2) is 47.8 Å². The molecule has 138 valence electrons. The molecule has 2 amide bonds. The van der Waals surface area contributed by atoms with Crippen LogP contribution in [0.5, 0.6) is 0 Å². The number of hydrogen-bond donors (Lipinski definition) is 0. The zero-order valence-corrected chi connectivity index (χ0v) is 15.4. The highest BCUT2D eigenvalue weighted by molar-refractivity contribution is 5.81. The molecule has 5 aliphatic rings. The lowest BCUT2D eigenvalue weighted by Crippen LogP contribution is -2.43. The van der Waals surface area contributed by atoms with E-state index in [0.29, 0.717) is 35.5 Å². The first-order valence-corrected chi connectivity index (χ1v) is 10.8. The number of fused-ring (bicyclic) bond motifs is 4. The maximum Gasteiger partial charge on any atom is 0.226 e. The van der Waals surface area contributed by atoms with Crippen LogP contribution < -0.4 is 0 Å². The molecule has 25 heavy (non-hydrogen) atoms. The van der Waals surface area contributed by atoms with Crippen LogP contribution in [0.1, 0.15) is 57.8 Å². The van der Waals surface area contributed by atoms with Crippen LogP contribution in [0.3, 0.4) is 0 Å². The molecule has 5 rings (SSSR count). The molecule has 0 aromatic carbocycles. The first kappa shape index (κ1) is 16.1. The van der Waals surface area contributed by atoms with Crippen molar-refractivity contribution in [2.24, 2.45) is 35.5 Å². The Balaban J connectivity index is 1.19. The van der Waals surface area contributed by atoms with Gasteiger partial charge in [0.15, 0.2) is 0 Å². The lowest BCUT2D eigenvalue weighted by molar-refractivity contribution is -0.139. The zero-order chi connectivity index (χ0) is 17.0. The summed E-state index contributed by atoms with van der Waals surface area (Å²) in [7, 11) is 0. The van der Waals surface area contributed by atoms with Gasteiger partial charge in [-0.3, -0.25) is 9.59 Å². The molecule has 6 atom stereocenters. The van der Waals surface area contributed by atoms with Gasteiger partial charge in [0.05, 0.1) is 0 Å². The maximum atomic E-state index is 13.0. The summed E-state index contributed by atoms with van der Waals surface area (Å²) in [6.07, 6.45) is 11.0. The highest BCUT2D eigenvalue weighted by atomic mass is 16.2. The molecule has 5 fully saturated rings. The summed E-state index contributed by atoms with van der Waals surface area (Å²) < 4.78 is 0. The van der Waals surface area contributed by atoms with E-state index in [9.17, 15) is 9.59 Å². The quantitative estimate of drug-likeness (QED) is 0.773. The molecule has 0 aromatic heterocycles. The smallest absolute Gasteiger partial charge is 0.226 e. The lowest BCUT2D eigenvalue weighted by Gasteiger charge is -2.30. The van der Waals surface area contributed by atoms with Crippen molar-refractivity contribution in [3.8, 4) is 0 Å². The monoisotopic (exact) mass is 344 g/mol. The summed E-state index contributed by atoms with van der Waals surface area (Å²) in [5, 5.41) is 0. The summed E-state index contributed by atoms with van der Waals surface area (Å²) in [5.74, 6) is 4.37. The second-order valence-electron chi connectivity index (χ2n) is 9.57. The van der Waals surface area contributed by atoms with E-state index in [4.69, 9.17) is 0 Å². The molecular formula is C21H32N2O2. The van der Waals surface area contributed by atoms with Crippen LogP contribution in [0.15, 0.2) is 0 Å². The van der Waals surface area contributed by atoms with E-state index in [-0.39, 0.29) is 0 Å². The fourth-order valence-electron chi connectivity index (χ4n) is 6.92. The Hall–Kier alpha value is -1.06. The van der Waals surface area contributed by atoms with E-state index in [0.717, 1.165) is 57.3 Å². The SMILES string of the molecule is O=C([C@H]1C[C@@H]2CC[C@@H]1C2)N1CCCN(C(=O)[C@@H]2C[C@@H]3CC[C@@H]2C3)CC1. The number of amides is 2. The van der Waals surface area contributed by atoms with Gasteiger partial charge in [-0.2, -0.15) is 0 Å². The van der Waals surface area contributed by atoms with Crippen LogP contribution in [0.2, 0.25) is 0 Å². The minimum Gasteiger partial charge on any atom is -0.341 e. The van der Waals surface area contributed by atoms with E-state index < -0.39 is 0 Å². The fraction of sp³-hybridized carbons (Fsp3) is 0.905. The highest BCUT2D eigenvalue weighted by Gasteiger charge is 2.46. The van der Waals surface area contributed by atoms with Crippen molar-refractivity contribution in [2.45, 2.75) is 57.8 Å². The van der Waals surface area contributed by atoms with Gasteiger partial charge in [-0.25, -0.2) is 0 Å². The minimum absolute atomic E-state index is 0.298. The molecule has 1 aliphatic heterocycles. The van der Waals surface area contributed by atoms with Gasteiger partial charge in [-0.15, -0.1) is 0 Å². The molecule has 4 bridgehead atoms. The largest absolute Gasteiger partial charge is 0.341 e. The second kappa shape index (κ2) is 6.28. The first-order chi connectivity index (χ1) is 12.2. The third kappa shape index (κ3) is 2.80. The van der Waals surface area contributed by atoms with E-state index in [1.165, 1.54) is 38.5 Å². The van der Waals surface area contributed by atoms with Gasteiger partial charge in [0.2, 0.25) is 11.8 Å². The van der Waals surface area contributed by atoms with Gasteiger partial charge < -0.3 is 9.80 Å². The van der Waals surface area contributed by atoms with Gasteiger partial charge in [-0.1, -0.05) is 12.8 Å². The number of hydrogen-bond acceptors (Lipinski definition) is 2. The fourth-order valence-corrected chi connectivity index (χ4v) is 6.92. The number of rotatable bonds is 2. The standard InChI is InChI=1S/C21H32N2O2/c24-20(18-12-14-2-4-16(18)10-14)22-6-1-7-23(9-8-22)21(25)19-13-15-3-5-17(19)11-15/h14-19H,1-13H2/t14-,15-,16-,17-,18-,19+/m1/s1. The second-order valence-corrected chi connectivity index (χ2v) is 9.57. The summed E-state index contributed by atoms with van der Waals surface area (Å²) in [6.45, 7) is 3.24. The van der Waals surface area contributed by atoms with Crippen LogP contribution in [0.4, 0.5) is 0 Å². The summed E-state index contributed by atoms with van der Waals surface area (Å²) in [4.78, 5) is 30.2. The Bertz CT molecular complexity index is 514. The molecule has 0 aromatic rings. The summed E-state index contributed by atoms with van der Waals surface area (Å²) in [6, 6.07) is 0. The molecule has 4 nitrogen and oxygen atoms in total. The van der Waals surface area contributed by atoms with E-state index in [2.05, 4.69) is 9.80 Å². The molecule has 0 unspecified atom stereocenters. The van der Waals surface area contributed by atoms with Crippen molar-refractivity contribution in [3.63, 3.8) is 0 Å². The zero-order valence-electron chi connectivity index (χ0n) is 15.4. The molecule has 0 N–H and O–H groups in total.